The van der Waals surface area contributed by atoms with E-state index in [0.29, 0.717) is 12.0 Å². The molecule has 0 atom stereocenters. The molecule has 60 valence electrons. The largest absolute Gasteiger partial charge is 1.00 e. The average molecular weight is 174 g/mol. The number of carboxylic acids is 1. The molecule has 0 spiro atoms. The molecule has 0 aromatic rings. The zero-order valence-corrected chi connectivity index (χ0v) is 9.43. The van der Waals surface area contributed by atoms with Crippen molar-refractivity contribution in [1.82, 2.24) is 0 Å². The summed E-state index contributed by atoms with van der Waals surface area (Å²) in [6.45, 7) is 3.57. The first-order valence-electron chi connectivity index (χ1n) is 3.81. The van der Waals surface area contributed by atoms with Gasteiger partial charge in [-0.1, -0.05) is 12.7 Å². The minimum absolute atomic E-state index is 0. The molecule has 3 heteroatoms. The zero-order chi connectivity index (χ0) is 8.27. The Morgan fingerprint density at radius 1 is 1.42 bits per heavy atom. The average Bonchev–Trinajstić information content (AvgIpc) is 2.04. The predicted octanol–water partition coefficient (Wildman–Crippen LogP) is -2.20. The molecule has 0 fully saturated rings. The SMILES string of the molecule is C=CC1=C(C(=O)[O-])CCCC1.[Na+]. The second-order valence-electron chi connectivity index (χ2n) is 2.70. The molecule has 0 saturated carbocycles. The maximum absolute atomic E-state index is 10.5. The molecule has 0 unspecified atom stereocenters. The van der Waals surface area contributed by atoms with Crippen LogP contribution in [0.1, 0.15) is 25.7 Å². The van der Waals surface area contributed by atoms with E-state index in [1.54, 1.807) is 6.08 Å². The molecule has 0 aliphatic heterocycles. The summed E-state index contributed by atoms with van der Waals surface area (Å²) in [6, 6.07) is 0. The number of aliphatic carboxylic acids is 1. The van der Waals surface area contributed by atoms with Gasteiger partial charge in [0.05, 0.1) is 5.97 Å². The monoisotopic (exact) mass is 174 g/mol. The minimum atomic E-state index is -1.03. The van der Waals surface area contributed by atoms with Crippen LogP contribution in [-0.2, 0) is 4.79 Å². The standard InChI is InChI=1S/C9H12O2.Na/c1-2-7-5-3-4-6-8(7)9(10)11;/h2H,1,3-6H2,(H,10,11);/q;+1/p-1. The van der Waals surface area contributed by atoms with Gasteiger partial charge in [0.15, 0.2) is 0 Å². The van der Waals surface area contributed by atoms with Crippen molar-refractivity contribution in [2.75, 3.05) is 0 Å². The molecule has 2 nitrogen and oxygen atoms in total. The Bertz CT molecular complexity index is 219. The number of allylic oxidation sites excluding steroid dienone is 2. The fourth-order valence-corrected chi connectivity index (χ4v) is 1.39. The van der Waals surface area contributed by atoms with Crippen LogP contribution in [0.2, 0.25) is 0 Å². The molecule has 0 radical (unpaired) electrons. The first-order valence-corrected chi connectivity index (χ1v) is 3.81. The Hall–Kier alpha value is -0.0500. The van der Waals surface area contributed by atoms with Crippen molar-refractivity contribution >= 4 is 5.97 Å². The van der Waals surface area contributed by atoms with Gasteiger partial charge < -0.3 is 9.90 Å². The summed E-state index contributed by atoms with van der Waals surface area (Å²) in [6.07, 6.45) is 5.14. The summed E-state index contributed by atoms with van der Waals surface area (Å²) in [5.41, 5.74) is 1.31. The van der Waals surface area contributed by atoms with Gasteiger partial charge in [-0.15, -0.1) is 0 Å². The van der Waals surface area contributed by atoms with Gasteiger partial charge in [-0.2, -0.15) is 0 Å². The van der Waals surface area contributed by atoms with E-state index in [-0.39, 0.29) is 29.6 Å². The molecule has 1 aliphatic rings. The third-order valence-corrected chi connectivity index (χ3v) is 2.00. The van der Waals surface area contributed by atoms with Gasteiger partial charge in [-0.3, -0.25) is 0 Å². The van der Waals surface area contributed by atoms with E-state index in [4.69, 9.17) is 0 Å². The number of carbonyl (C=O) groups is 1. The van der Waals surface area contributed by atoms with Crippen molar-refractivity contribution in [3.05, 3.63) is 23.8 Å². The Morgan fingerprint density at radius 2 is 2.00 bits per heavy atom. The van der Waals surface area contributed by atoms with Gasteiger partial charge >= 0.3 is 29.6 Å². The molecule has 0 heterocycles. The predicted molar refractivity (Wildman–Crippen MR) is 40.7 cm³/mol. The topological polar surface area (TPSA) is 40.1 Å². The summed E-state index contributed by atoms with van der Waals surface area (Å²) in [7, 11) is 0. The van der Waals surface area contributed by atoms with Crippen molar-refractivity contribution < 1.29 is 39.5 Å². The van der Waals surface area contributed by atoms with Crippen molar-refractivity contribution in [2.24, 2.45) is 0 Å². The summed E-state index contributed by atoms with van der Waals surface area (Å²) < 4.78 is 0. The van der Waals surface area contributed by atoms with Crippen LogP contribution in [0.5, 0.6) is 0 Å². The second-order valence-corrected chi connectivity index (χ2v) is 2.70. The van der Waals surface area contributed by atoms with Crippen LogP contribution in [0, 0.1) is 0 Å². The molecule has 0 aromatic heterocycles. The van der Waals surface area contributed by atoms with E-state index < -0.39 is 5.97 Å². The summed E-state index contributed by atoms with van der Waals surface area (Å²) >= 11 is 0. The fourth-order valence-electron chi connectivity index (χ4n) is 1.39. The van der Waals surface area contributed by atoms with Gasteiger partial charge in [0, 0.05) is 0 Å². The number of rotatable bonds is 2. The summed E-state index contributed by atoms with van der Waals surface area (Å²) in [5, 5.41) is 10.5. The van der Waals surface area contributed by atoms with E-state index in [9.17, 15) is 9.90 Å². The summed E-state index contributed by atoms with van der Waals surface area (Å²) in [4.78, 5) is 10.5. The quantitative estimate of drug-likeness (QED) is 0.446. The van der Waals surface area contributed by atoms with Gasteiger partial charge in [-0.25, -0.2) is 0 Å². The zero-order valence-electron chi connectivity index (χ0n) is 7.43. The molecule has 0 amide bonds. The molecule has 0 bridgehead atoms. The fraction of sp³-hybridized carbons (Fsp3) is 0.444. The Morgan fingerprint density at radius 3 is 2.42 bits per heavy atom. The number of hydrogen-bond acceptors (Lipinski definition) is 2. The van der Waals surface area contributed by atoms with Crippen molar-refractivity contribution in [2.45, 2.75) is 25.7 Å². The van der Waals surface area contributed by atoms with E-state index in [1.165, 1.54) is 0 Å². The third-order valence-electron chi connectivity index (χ3n) is 2.00. The number of carboxylic acid groups (broad SMARTS) is 1. The first-order chi connectivity index (χ1) is 5.25. The molecule has 0 aromatic carbocycles. The smallest absolute Gasteiger partial charge is 0.545 e. The molecule has 0 saturated heterocycles. The maximum atomic E-state index is 10.5. The molecule has 1 rings (SSSR count). The molecule has 0 N–H and O–H groups in total. The summed E-state index contributed by atoms with van der Waals surface area (Å²) in [5.74, 6) is -1.03. The number of hydrogen-bond donors (Lipinski definition) is 0. The van der Waals surface area contributed by atoms with Crippen LogP contribution in [0.3, 0.4) is 0 Å². The van der Waals surface area contributed by atoms with E-state index >= 15 is 0 Å². The maximum Gasteiger partial charge on any atom is 1.00 e. The first kappa shape index (κ1) is 11.9. The van der Waals surface area contributed by atoms with E-state index in [0.717, 1.165) is 24.8 Å². The van der Waals surface area contributed by atoms with Crippen LogP contribution >= 0.6 is 0 Å². The van der Waals surface area contributed by atoms with Gasteiger partial charge in [0.1, 0.15) is 0 Å². The molecular formula is C9H11NaO2. The Kier molecular flexibility index (Phi) is 5.55. The van der Waals surface area contributed by atoms with Gasteiger partial charge in [0.25, 0.3) is 0 Å². The van der Waals surface area contributed by atoms with E-state index in [1.807, 2.05) is 0 Å². The molecule has 1 aliphatic carbocycles. The molecule has 12 heavy (non-hydrogen) atoms. The Labute approximate surface area is 94.6 Å². The van der Waals surface area contributed by atoms with Crippen LogP contribution < -0.4 is 34.7 Å². The van der Waals surface area contributed by atoms with Crippen LogP contribution in [0.15, 0.2) is 23.8 Å². The van der Waals surface area contributed by atoms with Crippen molar-refractivity contribution in [3.8, 4) is 0 Å². The Balaban J connectivity index is 0.00000121. The third kappa shape index (κ3) is 2.77. The van der Waals surface area contributed by atoms with Gasteiger partial charge in [-0.05, 0) is 36.8 Å². The molecular weight excluding hydrogens is 163 g/mol. The van der Waals surface area contributed by atoms with Crippen LogP contribution in [0.25, 0.3) is 0 Å². The van der Waals surface area contributed by atoms with Crippen LogP contribution in [0.4, 0.5) is 0 Å². The van der Waals surface area contributed by atoms with Crippen molar-refractivity contribution in [1.29, 1.82) is 0 Å². The number of carbonyl (C=O) groups excluding carboxylic acids is 1. The second kappa shape index (κ2) is 5.57. The normalized spacial score (nSPS) is 16.7. The van der Waals surface area contributed by atoms with E-state index in [2.05, 4.69) is 6.58 Å². The van der Waals surface area contributed by atoms with Gasteiger partial charge in [0.2, 0.25) is 0 Å². The van der Waals surface area contributed by atoms with Crippen molar-refractivity contribution in [3.63, 3.8) is 0 Å². The minimum Gasteiger partial charge on any atom is -0.545 e. The van der Waals surface area contributed by atoms with Crippen LogP contribution in [-0.4, -0.2) is 5.97 Å².